The highest BCUT2D eigenvalue weighted by molar-refractivity contribution is 6.35. The summed E-state index contributed by atoms with van der Waals surface area (Å²) in [6.07, 6.45) is 6.75. The average Bonchev–Trinajstić information content (AvgIpc) is 3.26. The maximum absolute atomic E-state index is 14.1. The highest BCUT2D eigenvalue weighted by atomic mass is 35.5. The zero-order valence-electron chi connectivity index (χ0n) is 25.3. The van der Waals surface area contributed by atoms with E-state index in [-0.39, 0.29) is 31.1 Å². The zero-order chi connectivity index (χ0) is 32.5. The van der Waals surface area contributed by atoms with Crippen molar-refractivity contribution in [3.05, 3.63) is 40.4 Å². The number of rotatable bonds is 4. The number of ether oxygens (including phenoxy) is 1. The highest BCUT2D eigenvalue weighted by Gasteiger charge is 2.61. The summed E-state index contributed by atoms with van der Waals surface area (Å²) in [7, 11) is 0. The Morgan fingerprint density at radius 3 is 2.56 bits per heavy atom. The molecule has 2 aliphatic heterocycles. The van der Waals surface area contributed by atoms with E-state index in [9.17, 15) is 24.3 Å². The lowest BCUT2D eigenvalue weighted by atomic mass is 10.0. The van der Waals surface area contributed by atoms with Gasteiger partial charge in [-0.3, -0.25) is 9.59 Å². The predicted molar refractivity (Wildman–Crippen MR) is 164 cm³/mol. The number of nitrogens with one attached hydrogen (secondary N) is 2. The highest BCUT2D eigenvalue weighted by Crippen LogP contribution is 2.45. The number of carbonyl (C=O) groups excluding carboxylic acids is 3. The number of nitrogens with zero attached hydrogens (tertiary/aromatic N) is 5. The van der Waals surface area contributed by atoms with Crippen LogP contribution in [0.4, 0.5) is 4.79 Å². The lowest BCUT2D eigenvalue weighted by molar-refractivity contribution is -0.145. The number of carboxylic acids is 1. The van der Waals surface area contributed by atoms with Crippen LogP contribution in [-0.2, 0) is 19.1 Å². The first-order chi connectivity index (χ1) is 21.3. The molecule has 45 heavy (non-hydrogen) atoms. The zero-order valence-corrected chi connectivity index (χ0v) is 26.8. The Bertz CT molecular complexity index is 1490. The minimum Gasteiger partial charge on any atom is -0.479 e. The van der Waals surface area contributed by atoms with Crippen molar-refractivity contribution < 1.29 is 29.0 Å². The van der Waals surface area contributed by atoms with Crippen LogP contribution in [0, 0.1) is 5.92 Å². The van der Waals surface area contributed by atoms with Gasteiger partial charge in [-0.15, -0.1) is 10.2 Å². The molecular weight excluding hydrogens is 625 g/mol. The molecule has 2 aromatic rings. The third-order valence-corrected chi connectivity index (χ3v) is 8.64. The van der Waals surface area contributed by atoms with Crippen molar-refractivity contribution in [2.75, 3.05) is 6.54 Å². The smallest absolute Gasteiger partial charge is 0.408 e. The van der Waals surface area contributed by atoms with Crippen LogP contribution in [0.2, 0.25) is 10.0 Å². The number of carbonyl (C=O) groups is 4. The maximum atomic E-state index is 14.1. The summed E-state index contributed by atoms with van der Waals surface area (Å²) in [4.78, 5) is 55.8. The van der Waals surface area contributed by atoms with Crippen molar-refractivity contribution in [1.29, 1.82) is 0 Å². The van der Waals surface area contributed by atoms with Gasteiger partial charge in [-0.1, -0.05) is 48.2 Å². The molecule has 1 aromatic heterocycles. The van der Waals surface area contributed by atoms with Crippen LogP contribution in [0.25, 0.3) is 11.4 Å². The summed E-state index contributed by atoms with van der Waals surface area (Å²) >= 11 is 12.3. The van der Waals surface area contributed by atoms with Gasteiger partial charge in [0, 0.05) is 34.5 Å². The second kappa shape index (κ2) is 13.0. The Labute approximate surface area is 270 Å². The lowest BCUT2D eigenvalue weighted by Crippen LogP contribution is -2.56. The first kappa shape index (κ1) is 32.7. The lowest BCUT2D eigenvalue weighted by Gasteiger charge is -2.30. The van der Waals surface area contributed by atoms with Crippen molar-refractivity contribution >= 4 is 47.1 Å². The van der Waals surface area contributed by atoms with Gasteiger partial charge in [0.25, 0.3) is 0 Å². The van der Waals surface area contributed by atoms with Gasteiger partial charge in [0.1, 0.15) is 23.2 Å². The molecule has 0 bridgehead atoms. The fourth-order valence-corrected chi connectivity index (χ4v) is 6.40. The molecule has 2 fully saturated rings. The third kappa shape index (κ3) is 7.58. The predicted octanol–water partition coefficient (Wildman–Crippen LogP) is 4.16. The molecule has 13 nitrogen and oxygen atoms in total. The minimum absolute atomic E-state index is 0.0267. The summed E-state index contributed by atoms with van der Waals surface area (Å²) in [5.74, 6) is -2.31. The van der Waals surface area contributed by atoms with Crippen molar-refractivity contribution in [3.8, 4) is 11.4 Å². The summed E-state index contributed by atoms with van der Waals surface area (Å²) in [5.41, 5.74) is -1.69. The number of carboxylic acid groups (broad SMARTS) is 1. The number of amides is 3. The van der Waals surface area contributed by atoms with E-state index in [1.807, 2.05) is 12.2 Å². The molecule has 242 valence electrons. The molecule has 3 amide bonds. The van der Waals surface area contributed by atoms with E-state index in [1.165, 1.54) is 9.70 Å². The number of fused-ring (bicyclic) bond motifs is 2. The van der Waals surface area contributed by atoms with Crippen molar-refractivity contribution in [1.82, 2.24) is 35.7 Å². The van der Waals surface area contributed by atoms with Gasteiger partial charge in [0.15, 0.2) is 0 Å². The standard InChI is InChI=1S/C30H37Cl2N7O6/c1-29(2,3)45-28(44)33-22-10-8-6-4-5-7-9-18-15-30(18,27(42)43)34-25(40)23-14-21(16-38(23)26(22)41)39-36-24(35-37-39)17-11-19(31)13-20(32)12-17/h7,9,11-13,18,21-23H,4-6,8,10,14-16H2,1-3H3,(H,33,44)(H,34,40)(H,42,43)/b9-7-/t18-,21+,22+,23+,30+/m1/s1. The van der Waals surface area contributed by atoms with Crippen LogP contribution in [0.15, 0.2) is 30.4 Å². The van der Waals surface area contributed by atoms with Crippen LogP contribution in [-0.4, -0.2) is 83.9 Å². The Kier molecular flexibility index (Phi) is 9.41. The van der Waals surface area contributed by atoms with Crippen molar-refractivity contribution in [2.24, 2.45) is 5.92 Å². The fourth-order valence-electron chi connectivity index (χ4n) is 5.87. The van der Waals surface area contributed by atoms with Crippen LogP contribution in [0.1, 0.15) is 71.8 Å². The molecule has 15 heteroatoms. The second-order valence-electron chi connectivity index (χ2n) is 12.8. The van der Waals surface area contributed by atoms with Crippen LogP contribution in [0.3, 0.4) is 0 Å². The summed E-state index contributed by atoms with van der Waals surface area (Å²) in [6.45, 7) is 5.21. The first-order valence-electron chi connectivity index (χ1n) is 15.0. The van der Waals surface area contributed by atoms with E-state index >= 15 is 0 Å². The normalized spacial score (nSPS) is 28.2. The van der Waals surface area contributed by atoms with Crippen molar-refractivity contribution in [2.45, 2.75) is 95.0 Å². The number of hydrogen-bond donors (Lipinski definition) is 3. The number of alkyl carbamates (subject to hydrolysis) is 1. The molecule has 1 saturated heterocycles. The van der Waals surface area contributed by atoms with E-state index in [2.05, 4.69) is 26.0 Å². The molecule has 3 aliphatic rings. The van der Waals surface area contributed by atoms with Gasteiger partial charge in [-0.2, -0.15) is 4.80 Å². The monoisotopic (exact) mass is 661 g/mol. The fraction of sp³-hybridized carbons (Fsp3) is 0.567. The number of benzene rings is 1. The quantitative estimate of drug-likeness (QED) is 0.407. The summed E-state index contributed by atoms with van der Waals surface area (Å²) in [6, 6.07) is 2.27. The van der Waals surface area contributed by atoms with E-state index < -0.39 is 53.1 Å². The average molecular weight is 663 g/mol. The van der Waals surface area contributed by atoms with Gasteiger partial charge in [0.05, 0.1) is 6.04 Å². The Hall–Kier alpha value is -3.71. The number of hydrogen-bond acceptors (Lipinski definition) is 8. The summed E-state index contributed by atoms with van der Waals surface area (Å²) in [5, 5.41) is 29.1. The Balaban J connectivity index is 1.45. The molecule has 0 spiro atoms. The largest absolute Gasteiger partial charge is 0.479 e. The minimum atomic E-state index is -1.45. The molecule has 0 unspecified atom stereocenters. The second-order valence-corrected chi connectivity index (χ2v) is 13.7. The first-order valence-corrected chi connectivity index (χ1v) is 15.8. The molecule has 5 rings (SSSR count). The van der Waals surface area contributed by atoms with E-state index in [0.717, 1.165) is 19.3 Å². The van der Waals surface area contributed by atoms with E-state index in [0.29, 0.717) is 28.5 Å². The number of allylic oxidation sites excluding steroid dienone is 1. The molecule has 5 atom stereocenters. The number of aliphatic carboxylic acids is 1. The topological polar surface area (TPSA) is 169 Å². The summed E-state index contributed by atoms with van der Waals surface area (Å²) < 4.78 is 5.43. The maximum Gasteiger partial charge on any atom is 0.408 e. The van der Waals surface area contributed by atoms with Gasteiger partial charge in [0.2, 0.25) is 17.6 Å². The van der Waals surface area contributed by atoms with Gasteiger partial charge >= 0.3 is 12.1 Å². The van der Waals surface area contributed by atoms with Crippen LogP contribution >= 0.6 is 23.2 Å². The number of tetrazole rings is 1. The number of halogens is 2. The van der Waals surface area contributed by atoms with Gasteiger partial charge in [-0.25, -0.2) is 9.59 Å². The van der Waals surface area contributed by atoms with Gasteiger partial charge < -0.3 is 25.4 Å². The van der Waals surface area contributed by atoms with E-state index in [4.69, 9.17) is 27.9 Å². The Morgan fingerprint density at radius 2 is 1.87 bits per heavy atom. The van der Waals surface area contributed by atoms with E-state index in [1.54, 1.807) is 39.0 Å². The molecule has 3 N–H and O–H groups in total. The SMILES string of the molecule is CC(C)(C)OC(=O)N[C@H]1CCCCC/C=C\[C@@H]2C[C@]2(C(=O)O)NC(=O)[C@@H]2C[C@H](n3nnc(-c4cc(Cl)cc(Cl)c4)n3)CN2C1=O. The molecule has 1 aromatic carbocycles. The van der Waals surface area contributed by atoms with Gasteiger partial charge in [-0.05, 0) is 69.9 Å². The van der Waals surface area contributed by atoms with Crippen molar-refractivity contribution in [3.63, 3.8) is 0 Å². The molecular formula is C30H37Cl2N7O6. The molecule has 1 aliphatic carbocycles. The molecule has 0 radical (unpaired) electrons. The van der Waals surface area contributed by atoms with Crippen LogP contribution < -0.4 is 10.6 Å². The Morgan fingerprint density at radius 1 is 1.13 bits per heavy atom. The third-order valence-electron chi connectivity index (χ3n) is 8.20. The van der Waals surface area contributed by atoms with Crippen LogP contribution in [0.5, 0.6) is 0 Å². The number of aromatic nitrogens is 4. The molecule has 1 saturated carbocycles. The molecule has 3 heterocycles.